The summed E-state index contributed by atoms with van der Waals surface area (Å²) in [6.45, 7) is 0. The van der Waals surface area contributed by atoms with Crippen LogP contribution in [0.5, 0.6) is 0 Å². The monoisotopic (exact) mass is 361 g/mol. The highest BCUT2D eigenvalue weighted by molar-refractivity contribution is 7.98. The zero-order valence-corrected chi connectivity index (χ0v) is 14.2. The third kappa shape index (κ3) is 3.44. The summed E-state index contributed by atoms with van der Waals surface area (Å²) in [6, 6.07) is 11.2. The average molecular weight is 362 g/mol. The molecule has 3 rings (SSSR count). The quantitative estimate of drug-likeness (QED) is 0.689. The molecule has 0 radical (unpaired) electrons. The molecule has 0 aliphatic heterocycles. The van der Waals surface area contributed by atoms with Crippen molar-refractivity contribution >= 4 is 35.0 Å². The van der Waals surface area contributed by atoms with Crippen LogP contribution in [0, 0.1) is 5.82 Å². The summed E-state index contributed by atoms with van der Waals surface area (Å²) in [5, 5.41) is 3.64. The predicted molar refractivity (Wildman–Crippen MR) is 94.7 cm³/mol. The van der Waals surface area contributed by atoms with Crippen molar-refractivity contribution in [3.05, 3.63) is 71.3 Å². The van der Waals surface area contributed by atoms with Gasteiger partial charge in [0.2, 0.25) is 0 Å². The maximum Gasteiger partial charge on any atom is 0.255 e. The molecule has 122 valence electrons. The largest absolute Gasteiger partial charge is 0.319 e. The van der Waals surface area contributed by atoms with Gasteiger partial charge in [-0.25, -0.2) is 9.37 Å². The van der Waals surface area contributed by atoms with Crippen LogP contribution in [0.25, 0.3) is 5.69 Å². The second-order valence-corrected chi connectivity index (χ2v) is 6.12. The highest BCUT2D eigenvalue weighted by Gasteiger charge is 2.11. The van der Waals surface area contributed by atoms with Gasteiger partial charge in [-0.15, -0.1) is 0 Å². The number of nitrogens with one attached hydrogen (secondary N) is 1. The molecule has 1 amide bonds. The maximum atomic E-state index is 13.8. The van der Waals surface area contributed by atoms with E-state index in [2.05, 4.69) is 10.3 Å². The van der Waals surface area contributed by atoms with Crippen molar-refractivity contribution in [2.75, 3.05) is 11.6 Å². The molecule has 4 nitrogen and oxygen atoms in total. The second kappa shape index (κ2) is 7.07. The van der Waals surface area contributed by atoms with E-state index in [0.29, 0.717) is 5.56 Å². The van der Waals surface area contributed by atoms with Crippen molar-refractivity contribution < 1.29 is 9.18 Å². The summed E-state index contributed by atoms with van der Waals surface area (Å²) in [5.74, 6) is -0.977. The van der Waals surface area contributed by atoms with E-state index in [1.54, 1.807) is 24.4 Å². The van der Waals surface area contributed by atoms with Gasteiger partial charge in [-0.2, -0.15) is 0 Å². The van der Waals surface area contributed by atoms with E-state index in [9.17, 15) is 9.18 Å². The molecule has 0 aliphatic carbocycles. The maximum absolute atomic E-state index is 13.8. The van der Waals surface area contributed by atoms with Crippen LogP contribution in [-0.4, -0.2) is 21.7 Å². The molecule has 1 N–H and O–H groups in total. The molecule has 0 unspecified atom stereocenters. The zero-order chi connectivity index (χ0) is 17.1. The first-order chi connectivity index (χ1) is 11.6. The summed E-state index contributed by atoms with van der Waals surface area (Å²) in [5.41, 5.74) is 1.31. The summed E-state index contributed by atoms with van der Waals surface area (Å²) in [4.78, 5) is 16.6. The van der Waals surface area contributed by atoms with E-state index in [-0.39, 0.29) is 10.7 Å². The number of nitrogens with zero attached hydrogens (tertiary/aromatic N) is 2. The molecule has 0 atom stereocenters. The number of amides is 1. The molecule has 0 spiro atoms. The molecule has 0 bridgehead atoms. The van der Waals surface area contributed by atoms with E-state index >= 15 is 0 Å². The molecule has 1 aromatic heterocycles. The van der Waals surface area contributed by atoms with Crippen molar-refractivity contribution in [1.29, 1.82) is 0 Å². The number of carbonyl (C=O) groups is 1. The second-order valence-electron chi connectivity index (χ2n) is 4.91. The smallest absolute Gasteiger partial charge is 0.255 e. The SMILES string of the molecule is CSc1nccn1-c1cccc(C(=O)Nc2ccc(Cl)cc2F)c1. The van der Waals surface area contributed by atoms with Gasteiger partial charge >= 0.3 is 0 Å². The lowest BCUT2D eigenvalue weighted by Crippen LogP contribution is -2.13. The van der Waals surface area contributed by atoms with Crippen molar-refractivity contribution in [3.63, 3.8) is 0 Å². The lowest BCUT2D eigenvalue weighted by Gasteiger charge is -2.10. The normalized spacial score (nSPS) is 10.6. The Balaban J connectivity index is 1.87. The van der Waals surface area contributed by atoms with Crippen LogP contribution < -0.4 is 5.32 Å². The fourth-order valence-electron chi connectivity index (χ4n) is 2.22. The Morgan fingerprint density at radius 2 is 2.12 bits per heavy atom. The summed E-state index contributed by atoms with van der Waals surface area (Å²) in [7, 11) is 0. The van der Waals surface area contributed by atoms with Gasteiger partial charge in [0.1, 0.15) is 5.82 Å². The molecule has 0 saturated carbocycles. The van der Waals surface area contributed by atoms with Gasteiger partial charge in [-0.05, 0) is 42.7 Å². The molecule has 2 aromatic carbocycles. The summed E-state index contributed by atoms with van der Waals surface area (Å²) < 4.78 is 15.7. The number of anilines is 1. The minimum Gasteiger partial charge on any atom is -0.319 e. The van der Waals surface area contributed by atoms with E-state index in [4.69, 9.17) is 11.6 Å². The number of imidazole rings is 1. The van der Waals surface area contributed by atoms with Crippen LogP contribution >= 0.6 is 23.4 Å². The van der Waals surface area contributed by atoms with Crippen molar-refractivity contribution in [2.24, 2.45) is 0 Å². The molecule has 0 saturated heterocycles. The van der Waals surface area contributed by atoms with E-state index < -0.39 is 11.7 Å². The Kier molecular flexibility index (Phi) is 4.87. The first-order valence-corrected chi connectivity index (χ1v) is 8.63. The van der Waals surface area contributed by atoms with Crippen LogP contribution in [0.4, 0.5) is 10.1 Å². The highest BCUT2D eigenvalue weighted by atomic mass is 35.5. The number of hydrogen-bond acceptors (Lipinski definition) is 3. The minimum absolute atomic E-state index is 0.0854. The van der Waals surface area contributed by atoms with Crippen molar-refractivity contribution in [3.8, 4) is 5.69 Å². The Hall–Kier alpha value is -2.31. The topological polar surface area (TPSA) is 46.9 Å². The fraction of sp³-hybridized carbons (Fsp3) is 0.0588. The highest BCUT2D eigenvalue weighted by Crippen LogP contribution is 2.21. The number of benzene rings is 2. The minimum atomic E-state index is -0.578. The van der Waals surface area contributed by atoms with Crippen LogP contribution in [-0.2, 0) is 0 Å². The number of carbonyl (C=O) groups excluding carboxylic acids is 1. The first kappa shape index (κ1) is 16.5. The van der Waals surface area contributed by atoms with Gasteiger partial charge in [0.25, 0.3) is 5.91 Å². The van der Waals surface area contributed by atoms with Crippen LogP contribution in [0.1, 0.15) is 10.4 Å². The molecular weight excluding hydrogens is 349 g/mol. The Morgan fingerprint density at radius 1 is 1.29 bits per heavy atom. The van der Waals surface area contributed by atoms with Gasteiger partial charge in [-0.3, -0.25) is 9.36 Å². The molecule has 7 heteroatoms. The zero-order valence-electron chi connectivity index (χ0n) is 12.7. The molecule has 24 heavy (non-hydrogen) atoms. The first-order valence-electron chi connectivity index (χ1n) is 7.02. The van der Waals surface area contributed by atoms with Gasteiger partial charge in [0.05, 0.1) is 5.69 Å². The van der Waals surface area contributed by atoms with Crippen molar-refractivity contribution in [1.82, 2.24) is 9.55 Å². The molecular formula is C17H13ClFN3OS. The van der Waals surface area contributed by atoms with Gasteiger partial charge in [0, 0.05) is 28.7 Å². The molecule has 1 heterocycles. The lowest BCUT2D eigenvalue weighted by atomic mass is 10.1. The number of rotatable bonds is 4. The third-order valence-electron chi connectivity index (χ3n) is 3.36. The Labute approximate surface area is 147 Å². The number of halogens is 2. The van der Waals surface area contributed by atoms with E-state index in [1.165, 1.54) is 23.9 Å². The standard InChI is InChI=1S/C17H13ClFN3OS/c1-24-17-20-7-8-22(17)13-4-2-3-11(9-13)16(23)21-15-6-5-12(18)10-14(15)19/h2-10H,1H3,(H,21,23). The summed E-state index contributed by atoms with van der Waals surface area (Å²) in [6.07, 6.45) is 5.45. The Bertz CT molecular complexity index is 897. The van der Waals surface area contributed by atoms with Crippen LogP contribution in [0.3, 0.4) is 0 Å². The predicted octanol–water partition coefficient (Wildman–Crippen LogP) is 4.64. The fourth-order valence-corrected chi connectivity index (χ4v) is 2.91. The van der Waals surface area contributed by atoms with Gasteiger partial charge < -0.3 is 5.32 Å². The lowest BCUT2D eigenvalue weighted by molar-refractivity contribution is 0.102. The molecule has 3 aromatic rings. The number of thioether (sulfide) groups is 1. The van der Waals surface area contributed by atoms with E-state index in [0.717, 1.165) is 16.9 Å². The summed E-state index contributed by atoms with van der Waals surface area (Å²) >= 11 is 7.22. The van der Waals surface area contributed by atoms with Crippen LogP contribution in [0.2, 0.25) is 5.02 Å². The molecule has 0 aliphatic rings. The Morgan fingerprint density at radius 3 is 2.88 bits per heavy atom. The number of hydrogen-bond donors (Lipinski definition) is 1. The van der Waals surface area contributed by atoms with Crippen LogP contribution in [0.15, 0.2) is 60.0 Å². The van der Waals surface area contributed by atoms with Gasteiger partial charge in [0.15, 0.2) is 5.16 Å². The average Bonchev–Trinajstić information content (AvgIpc) is 3.06. The molecule has 0 fully saturated rings. The third-order valence-corrected chi connectivity index (χ3v) is 4.26. The van der Waals surface area contributed by atoms with Crippen molar-refractivity contribution in [2.45, 2.75) is 5.16 Å². The van der Waals surface area contributed by atoms with E-state index in [1.807, 2.05) is 23.1 Å². The number of aromatic nitrogens is 2. The van der Waals surface area contributed by atoms with Gasteiger partial charge in [-0.1, -0.05) is 29.4 Å².